The van der Waals surface area contributed by atoms with Crippen LogP contribution >= 0.6 is 0 Å². The lowest BCUT2D eigenvalue weighted by atomic mass is 10.1. The molecule has 42 heavy (non-hydrogen) atoms. The van der Waals surface area contributed by atoms with Crippen molar-refractivity contribution in [2.24, 2.45) is 7.05 Å². The van der Waals surface area contributed by atoms with Crippen LogP contribution in [0, 0.1) is 6.92 Å². The highest BCUT2D eigenvalue weighted by molar-refractivity contribution is 5.92. The van der Waals surface area contributed by atoms with E-state index in [0.29, 0.717) is 25.9 Å². The number of aryl methyl sites for hydroxylation is 2. The summed E-state index contributed by atoms with van der Waals surface area (Å²) >= 11 is 0. The van der Waals surface area contributed by atoms with Crippen LogP contribution in [0.4, 0.5) is 11.8 Å². The summed E-state index contributed by atoms with van der Waals surface area (Å²) in [6.07, 6.45) is 6.61. The van der Waals surface area contributed by atoms with Crippen LogP contribution in [0.25, 0.3) is 39.0 Å². The molecule has 0 aliphatic carbocycles. The molecule has 0 unspecified atom stereocenters. The molecule has 0 N–H and O–H groups in total. The maximum atomic E-state index is 5.94. The summed E-state index contributed by atoms with van der Waals surface area (Å²) in [5.74, 6) is 3.26. The van der Waals surface area contributed by atoms with Crippen LogP contribution < -0.4 is 14.5 Å². The van der Waals surface area contributed by atoms with Gasteiger partial charge in [-0.05, 0) is 32.4 Å². The van der Waals surface area contributed by atoms with Gasteiger partial charge in [0.05, 0.1) is 73.6 Å². The number of fused-ring (bicyclic) bond motifs is 4. The summed E-state index contributed by atoms with van der Waals surface area (Å²) in [5.41, 5.74) is 5.29. The van der Waals surface area contributed by atoms with Gasteiger partial charge in [0.2, 0.25) is 5.95 Å². The van der Waals surface area contributed by atoms with E-state index >= 15 is 0 Å². The minimum Gasteiger partial charge on any atom is -0.496 e. The quantitative estimate of drug-likeness (QED) is 0.314. The van der Waals surface area contributed by atoms with E-state index in [2.05, 4.69) is 39.4 Å². The van der Waals surface area contributed by atoms with Crippen LogP contribution in [0.15, 0.2) is 36.8 Å². The minimum absolute atomic E-state index is 0.231. The summed E-state index contributed by atoms with van der Waals surface area (Å²) in [5, 5.41) is 5.80. The highest BCUT2D eigenvalue weighted by Crippen LogP contribution is 2.38. The summed E-state index contributed by atoms with van der Waals surface area (Å²) in [4.78, 5) is 24.4. The molecule has 216 valence electrons. The number of nitrogens with zero attached hydrogens (tertiary/aromatic N) is 9. The highest BCUT2D eigenvalue weighted by Gasteiger charge is 2.41. The second-order valence-corrected chi connectivity index (χ2v) is 11.4. The number of imidazole rings is 1. The molecule has 0 aromatic carbocycles. The lowest BCUT2D eigenvalue weighted by molar-refractivity contribution is 0.0978. The first-order chi connectivity index (χ1) is 20.5. The molecule has 5 aromatic heterocycles. The Balaban J connectivity index is 1.33. The zero-order chi connectivity index (χ0) is 28.5. The molecule has 3 aliphatic heterocycles. The topological polar surface area (TPSA) is 108 Å². The van der Waals surface area contributed by atoms with Crippen LogP contribution in [0.3, 0.4) is 0 Å². The molecule has 3 atom stereocenters. The summed E-state index contributed by atoms with van der Waals surface area (Å²) < 4.78 is 21.4. The molecule has 12 nitrogen and oxygen atoms in total. The fourth-order valence-corrected chi connectivity index (χ4v) is 6.64. The van der Waals surface area contributed by atoms with Crippen LogP contribution in [-0.2, 0) is 16.5 Å². The van der Waals surface area contributed by atoms with E-state index in [1.54, 1.807) is 19.5 Å². The Hall–Kier alpha value is -4.29. The summed E-state index contributed by atoms with van der Waals surface area (Å²) in [7, 11) is 3.74. The van der Waals surface area contributed by atoms with Gasteiger partial charge in [-0.25, -0.2) is 14.6 Å². The largest absolute Gasteiger partial charge is 0.496 e. The van der Waals surface area contributed by atoms with Crippen molar-refractivity contribution in [2.75, 3.05) is 49.8 Å². The van der Waals surface area contributed by atoms with E-state index in [9.17, 15) is 0 Å². The molecule has 0 radical (unpaired) electrons. The van der Waals surface area contributed by atoms with Crippen LogP contribution in [0.5, 0.6) is 5.75 Å². The predicted molar refractivity (Wildman–Crippen MR) is 159 cm³/mol. The van der Waals surface area contributed by atoms with Crippen molar-refractivity contribution in [1.82, 2.24) is 34.3 Å². The Morgan fingerprint density at radius 2 is 1.95 bits per heavy atom. The highest BCUT2D eigenvalue weighted by atomic mass is 16.5. The van der Waals surface area contributed by atoms with Crippen molar-refractivity contribution in [2.45, 2.75) is 38.5 Å². The van der Waals surface area contributed by atoms with Crippen LogP contribution in [-0.4, -0.2) is 92.5 Å². The fourth-order valence-electron chi connectivity index (χ4n) is 6.64. The average Bonchev–Trinajstić information content (AvgIpc) is 3.81. The van der Waals surface area contributed by atoms with Crippen molar-refractivity contribution >= 4 is 33.7 Å². The summed E-state index contributed by atoms with van der Waals surface area (Å²) in [6.45, 7) is 7.87. The van der Waals surface area contributed by atoms with Crippen molar-refractivity contribution < 1.29 is 14.2 Å². The van der Waals surface area contributed by atoms with Gasteiger partial charge >= 0.3 is 0 Å². The molecule has 0 amide bonds. The van der Waals surface area contributed by atoms with Crippen molar-refractivity contribution in [3.8, 4) is 22.8 Å². The van der Waals surface area contributed by atoms with E-state index in [0.717, 1.165) is 81.7 Å². The number of rotatable bonds is 5. The SMILES string of the molecule is COc1ccncc1-c1cc2c(cnn2-c2cc3c(nc(N4CCOC[C@@H]4C)n3C)c(N3C[C@H]4C[C@@H]3CO4)n2)c(C)n1. The molecule has 8 heterocycles. The monoisotopic (exact) mass is 567 g/mol. The van der Waals surface area contributed by atoms with Gasteiger partial charge in [0.15, 0.2) is 11.6 Å². The molecular formula is C30H33N9O3. The molecule has 5 aromatic rings. The second kappa shape index (κ2) is 9.63. The van der Waals surface area contributed by atoms with Gasteiger partial charge in [0.25, 0.3) is 0 Å². The fraction of sp³-hybridized carbons (Fsp3) is 0.433. The number of anilines is 2. The van der Waals surface area contributed by atoms with E-state index in [-0.39, 0.29) is 12.1 Å². The molecule has 12 heteroatoms. The molecule has 0 saturated carbocycles. The number of pyridine rings is 3. The standard InChI is InChI=1S/C30H33N9O3/c1-17-15-41-8-7-37(17)30-35-28-25(36(30)3)11-27(34-29(28)38-14-20-9-19(38)16-42-20)39-24-10-23(33-18(2)21(24)13-32-39)22-12-31-6-5-26(22)40-4/h5-6,10-13,17,19-20H,7-9,14-16H2,1-4H3/t17-,19+,20+/m0/s1. The van der Waals surface area contributed by atoms with E-state index in [4.69, 9.17) is 34.3 Å². The molecule has 8 rings (SSSR count). The first-order valence-corrected chi connectivity index (χ1v) is 14.4. The molecule has 2 bridgehead atoms. The molecule has 3 fully saturated rings. The van der Waals surface area contributed by atoms with Gasteiger partial charge in [-0.15, -0.1) is 0 Å². The maximum absolute atomic E-state index is 5.94. The first kappa shape index (κ1) is 25.4. The predicted octanol–water partition coefficient (Wildman–Crippen LogP) is 3.28. The smallest absolute Gasteiger partial charge is 0.206 e. The van der Waals surface area contributed by atoms with Crippen LogP contribution in [0.2, 0.25) is 0 Å². The number of morpholine rings is 2. The zero-order valence-corrected chi connectivity index (χ0v) is 24.2. The van der Waals surface area contributed by atoms with E-state index in [1.807, 2.05) is 29.9 Å². The molecular weight excluding hydrogens is 534 g/mol. The molecule has 3 saturated heterocycles. The lowest BCUT2D eigenvalue weighted by Crippen LogP contribution is -2.44. The minimum atomic E-state index is 0.231. The third-order valence-corrected chi connectivity index (χ3v) is 8.86. The van der Waals surface area contributed by atoms with Gasteiger partial charge < -0.3 is 28.6 Å². The second-order valence-electron chi connectivity index (χ2n) is 11.4. The molecule has 3 aliphatic rings. The first-order valence-electron chi connectivity index (χ1n) is 14.4. The maximum Gasteiger partial charge on any atom is 0.206 e. The van der Waals surface area contributed by atoms with E-state index in [1.165, 1.54) is 0 Å². The number of ether oxygens (including phenoxy) is 3. The third-order valence-electron chi connectivity index (χ3n) is 8.86. The zero-order valence-electron chi connectivity index (χ0n) is 24.2. The third kappa shape index (κ3) is 3.85. The Kier molecular flexibility index (Phi) is 5.83. The molecule has 0 spiro atoms. The normalized spacial score (nSPS) is 22.1. The Bertz CT molecular complexity index is 1830. The van der Waals surface area contributed by atoms with Crippen molar-refractivity contribution in [1.29, 1.82) is 0 Å². The summed E-state index contributed by atoms with van der Waals surface area (Å²) in [6, 6.07) is 6.50. The Morgan fingerprint density at radius 3 is 2.74 bits per heavy atom. The van der Waals surface area contributed by atoms with Crippen molar-refractivity contribution in [3.05, 3.63) is 42.5 Å². The number of methoxy groups -OCH3 is 1. The number of hydrogen-bond donors (Lipinski definition) is 0. The van der Waals surface area contributed by atoms with Gasteiger partial charge in [-0.1, -0.05) is 0 Å². The van der Waals surface area contributed by atoms with E-state index < -0.39 is 0 Å². The Labute approximate surface area is 242 Å². The van der Waals surface area contributed by atoms with Gasteiger partial charge in [0, 0.05) is 49.7 Å². The number of aromatic nitrogens is 7. The van der Waals surface area contributed by atoms with Crippen molar-refractivity contribution in [3.63, 3.8) is 0 Å². The van der Waals surface area contributed by atoms with Crippen LogP contribution in [0.1, 0.15) is 19.0 Å². The van der Waals surface area contributed by atoms with Gasteiger partial charge in [-0.3, -0.25) is 9.97 Å². The van der Waals surface area contributed by atoms with Gasteiger partial charge in [0.1, 0.15) is 11.3 Å². The Morgan fingerprint density at radius 1 is 1.05 bits per heavy atom. The number of hydrogen-bond acceptors (Lipinski definition) is 10. The lowest BCUT2D eigenvalue weighted by Gasteiger charge is -2.33. The van der Waals surface area contributed by atoms with Gasteiger partial charge in [-0.2, -0.15) is 5.10 Å². The average molecular weight is 568 g/mol.